The van der Waals surface area contributed by atoms with E-state index in [-0.39, 0.29) is 10.8 Å². The van der Waals surface area contributed by atoms with Gasteiger partial charge in [-0.3, -0.25) is 0 Å². The van der Waals surface area contributed by atoms with E-state index in [9.17, 15) is 0 Å². The van der Waals surface area contributed by atoms with Gasteiger partial charge in [0.1, 0.15) is 0 Å². The third-order valence-electron chi connectivity index (χ3n) is 14.7. The lowest BCUT2D eigenvalue weighted by atomic mass is 9.68. The Morgan fingerprint density at radius 1 is 0.400 bits per heavy atom. The van der Waals surface area contributed by atoms with Gasteiger partial charge in [-0.2, -0.15) is 0 Å². The van der Waals surface area contributed by atoms with Crippen molar-refractivity contribution in [3.63, 3.8) is 0 Å². The topological polar surface area (TPSA) is 6.48 Å². The average molecular weight is 773 g/mol. The first-order valence-corrected chi connectivity index (χ1v) is 21.9. The van der Waals surface area contributed by atoms with Crippen LogP contribution in [0.25, 0.3) is 22.3 Å². The van der Waals surface area contributed by atoms with Crippen LogP contribution in [-0.4, -0.2) is 0 Å². The Hall–Kier alpha value is -6.64. The molecule has 3 unspecified atom stereocenters. The number of anilines is 6. The smallest absolute Gasteiger partial charge is 0.0505 e. The summed E-state index contributed by atoms with van der Waals surface area (Å²) < 4.78 is 0. The molecule has 4 aliphatic rings. The standard InChI is InChI=1S/C58H48N2/c1-57(2)51-28-13-12-27-49(51)50-34-33-48(38-52(50)57)60(47-26-14-19-40(37-47)39-17-6-3-7-18-39)54-30-16-21-42-36-44-32-31-43-35-41-20-15-29-53(55(41)58(43,44)56(42)54)59(45-22-8-4-9-23-45)46-24-10-5-11-25-46/h3-30,33-34,37-38,43-44H,31-32,35-36H2,1-2H3. The lowest BCUT2D eigenvalue weighted by molar-refractivity contribution is 0.350. The van der Waals surface area contributed by atoms with E-state index in [0.717, 1.165) is 12.8 Å². The summed E-state index contributed by atoms with van der Waals surface area (Å²) >= 11 is 0. The molecule has 12 rings (SSSR count). The van der Waals surface area contributed by atoms with Gasteiger partial charge in [-0.05, 0) is 154 Å². The number of hydrogen-bond acceptors (Lipinski definition) is 2. The van der Waals surface area contributed by atoms with Gasteiger partial charge in [0.2, 0.25) is 0 Å². The summed E-state index contributed by atoms with van der Waals surface area (Å²) in [5, 5.41) is 0. The van der Waals surface area contributed by atoms with Crippen molar-refractivity contribution in [1.82, 2.24) is 0 Å². The molecule has 0 aliphatic heterocycles. The Bertz CT molecular complexity index is 2880. The predicted octanol–water partition coefficient (Wildman–Crippen LogP) is 15.0. The minimum Gasteiger partial charge on any atom is -0.310 e. The maximum absolute atomic E-state index is 2.63. The van der Waals surface area contributed by atoms with Gasteiger partial charge < -0.3 is 9.80 Å². The minimum atomic E-state index is -0.124. The number of para-hydroxylation sites is 2. The fourth-order valence-corrected chi connectivity index (χ4v) is 12.3. The molecule has 1 saturated carbocycles. The van der Waals surface area contributed by atoms with E-state index in [4.69, 9.17) is 0 Å². The Kier molecular flexibility index (Phi) is 7.91. The summed E-state index contributed by atoms with van der Waals surface area (Å²) in [6.45, 7) is 4.80. The van der Waals surface area contributed by atoms with E-state index in [1.54, 1.807) is 5.56 Å². The van der Waals surface area contributed by atoms with E-state index in [0.29, 0.717) is 11.8 Å². The molecule has 0 saturated heterocycles. The molecule has 0 bridgehead atoms. The molecule has 0 amide bonds. The first-order valence-electron chi connectivity index (χ1n) is 21.9. The second-order valence-corrected chi connectivity index (χ2v) is 18.0. The van der Waals surface area contributed by atoms with Crippen LogP contribution in [-0.2, 0) is 23.7 Å². The Balaban J connectivity index is 1.11. The highest BCUT2D eigenvalue weighted by atomic mass is 15.2. The van der Waals surface area contributed by atoms with E-state index in [1.165, 1.54) is 97.0 Å². The van der Waals surface area contributed by atoms with Crippen LogP contribution in [0.15, 0.2) is 194 Å². The molecule has 60 heavy (non-hydrogen) atoms. The normalized spacial score (nSPS) is 19.8. The molecule has 3 atom stereocenters. The highest BCUT2D eigenvalue weighted by Crippen LogP contribution is 2.69. The van der Waals surface area contributed by atoms with Gasteiger partial charge >= 0.3 is 0 Å². The fourth-order valence-electron chi connectivity index (χ4n) is 12.3. The first kappa shape index (κ1) is 35.3. The van der Waals surface area contributed by atoms with Crippen LogP contribution >= 0.6 is 0 Å². The van der Waals surface area contributed by atoms with Gasteiger partial charge in [0.15, 0.2) is 0 Å². The molecule has 8 aromatic carbocycles. The van der Waals surface area contributed by atoms with E-state index >= 15 is 0 Å². The molecule has 0 radical (unpaired) electrons. The van der Waals surface area contributed by atoms with Gasteiger partial charge in [-0.15, -0.1) is 0 Å². The summed E-state index contributed by atoms with van der Waals surface area (Å²) in [5.74, 6) is 1.06. The van der Waals surface area contributed by atoms with Crippen molar-refractivity contribution in [1.29, 1.82) is 0 Å². The van der Waals surface area contributed by atoms with Crippen LogP contribution in [0.5, 0.6) is 0 Å². The third kappa shape index (κ3) is 5.07. The minimum absolute atomic E-state index is 0.115. The van der Waals surface area contributed by atoms with Gasteiger partial charge in [-0.1, -0.05) is 147 Å². The van der Waals surface area contributed by atoms with Crippen molar-refractivity contribution in [2.45, 2.75) is 50.4 Å². The molecule has 0 heterocycles. The highest BCUT2D eigenvalue weighted by molar-refractivity contribution is 5.90. The third-order valence-corrected chi connectivity index (χ3v) is 14.7. The zero-order valence-electron chi connectivity index (χ0n) is 34.4. The molecular formula is C58H48N2. The van der Waals surface area contributed by atoms with Crippen molar-refractivity contribution < 1.29 is 0 Å². The largest absolute Gasteiger partial charge is 0.310 e. The predicted molar refractivity (Wildman–Crippen MR) is 250 cm³/mol. The van der Waals surface area contributed by atoms with Crippen molar-refractivity contribution in [2.24, 2.45) is 11.8 Å². The summed E-state index contributed by atoms with van der Waals surface area (Å²) in [5.41, 5.74) is 21.2. The molecule has 290 valence electrons. The van der Waals surface area contributed by atoms with Crippen molar-refractivity contribution in [3.8, 4) is 22.3 Å². The van der Waals surface area contributed by atoms with Gasteiger partial charge in [0.25, 0.3) is 0 Å². The maximum atomic E-state index is 2.63. The lowest BCUT2D eigenvalue weighted by Gasteiger charge is -2.40. The maximum Gasteiger partial charge on any atom is 0.0505 e. The lowest BCUT2D eigenvalue weighted by Crippen LogP contribution is -2.34. The Morgan fingerprint density at radius 2 is 0.883 bits per heavy atom. The number of fused-ring (bicyclic) bond motifs is 5. The van der Waals surface area contributed by atoms with E-state index < -0.39 is 0 Å². The summed E-state index contributed by atoms with van der Waals surface area (Å²) in [7, 11) is 0. The van der Waals surface area contributed by atoms with Crippen molar-refractivity contribution in [3.05, 3.63) is 228 Å². The molecule has 4 aliphatic carbocycles. The van der Waals surface area contributed by atoms with Gasteiger partial charge in [0, 0.05) is 33.6 Å². The van der Waals surface area contributed by atoms with Gasteiger partial charge in [-0.25, -0.2) is 0 Å². The fraction of sp³-hybridized carbons (Fsp3) is 0.172. The number of nitrogens with zero attached hydrogens (tertiary/aromatic N) is 2. The van der Waals surface area contributed by atoms with Crippen LogP contribution in [0.1, 0.15) is 60.1 Å². The van der Waals surface area contributed by atoms with E-state index in [2.05, 4.69) is 218 Å². The molecule has 0 aromatic heterocycles. The SMILES string of the molecule is CC1(C)c2ccccc2-c2ccc(N(c3cccc(-c4ccccc4)c3)c3cccc4c3C35c6c(cccc6N(c6ccccc6)c6ccccc6)CC3CCC5C4)cc21. The number of hydrogen-bond donors (Lipinski definition) is 0. The number of benzene rings is 8. The van der Waals surface area contributed by atoms with Crippen molar-refractivity contribution in [2.75, 3.05) is 9.80 Å². The Labute approximate surface area is 354 Å². The average Bonchev–Trinajstić information content (AvgIpc) is 3.99. The summed E-state index contributed by atoms with van der Waals surface area (Å²) in [4.78, 5) is 5.16. The monoisotopic (exact) mass is 772 g/mol. The molecule has 8 aromatic rings. The second-order valence-electron chi connectivity index (χ2n) is 18.0. The highest BCUT2D eigenvalue weighted by Gasteiger charge is 2.62. The van der Waals surface area contributed by atoms with E-state index in [1.807, 2.05) is 0 Å². The van der Waals surface area contributed by atoms with Crippen molar-refractivity contribution >= 4 is 34.1 Å². The summed E-state index contributed by atoms with van der Waals surface area (Å²) in [6.07, 6.45) is 4.71. The molecule has 2 nitrogen and oxygen atoms in total. The number of rotatable bonds is 7. The molecule has 1 fully saturated rings. The van der Waals surface area contributed by atoms with Crippen LogP contribution in [0.3, 0.4) is 0 Å². The summed E-state index contributed by atoms with van der Waals surface area (Å²) in [6, 6.07) is 72.9. The van der Waals surface area contributed by atoms with Crippen LogP contribution < -0.4 is 9.80 Å². The van der Waals surface area contributed by atoms with Crippen LogP contribution in [0.4, 0.5) is 34.1 Å². The zero-order chi connectivity index (χ0) is 40.0. The van der Waals surface area contributed by atoms with Gasteiger partial charge in [0.05, 0.1) is 11.4 Å². The first-order chi connectivity index (χ1) is 29.5. The molecule has 2 heteroatoms. The molecule has 1 spiro atoms. The van der Waals surface area contributed by atoms with Crippen LogP contribution in [0, 0.1) is 11.8 Å². The quantitative estimate of drug-likeness (QED) is 0.159. The van der Waals surface area contributed by atoms with Crippen LogP contribution in [0.2, 0.25) is 0 Å². The second kappa shape index (κ2) is 13.4. The molecular weight excluding hydrogens is 725 g/mol. The Morgan fingerprint density at radius 3 is 1.52 bits per heavy atom. The molecule has 0 N–H and O–H groups in total. The zero-order valence-corrected chi connectivity index (χ0v) is 34.4.